The molecule has 1 atom stereocenters. The lowest BCUT2D eigenvalue weighted by molar-refractivity contribution is -0.131. The highest BCUT2D eigenvalue weighted by Crippen LogP contribution is 2.20. The van der Waals surface area contributed by atoms with Gasteiger partial charge < -0.3 is 15.2 Å². The van der Waals surface area contributed by atoms with Crippen molar-refractivity contribution in [3.8, 4) is 0 Å². The average Bonchev–Trinajstić information content (AvgIpc) is 2.48. The van der Waals surface area contributed by atoms with Crippen LogP contribution in [0.1, 0.15) is 20.3 Å². The summed E-state index contributed by atoms with van der Waals surface area (Å²) < 4.78 is 5.02. The Morgan fingerprint density at radius 3 is 2.62 bits per heavy atom. The van der Waals surface area contributed by atoms with Gasteiger partial charge in [-0.25, -0.2) is 4.79 Å². The Balaban J connectivity index is 2.48. The standard InChI is InChI=1S/C10H18N2O4/c1-3-10(2)8(14)12(9(15)11-10)4-6-16-7-5-13/h13H,3-7H2,1-2H3,(H,11,15). The average molecular weight is 230 g/mol. The van der Waals surface area contributed by atoms with Crippen LogP contribution in [0.3, 0.4) is 0 Å². The molecule has 2 N–H and O–H groups in total. The van der Waals surface area contributed by atoms with Crippen LogP contribution in [-0.4, -0.2) is 53.8 Å². The van der Waals surface area contributed by atoms with Crippen molar-refractivity contribution in [1.29, 1.82) is 0 Å². The lowest BCUT2D eigenvalue weighted by Gasteiger charge is -2.19. The molecule has 0 aromatic heterocycles. The van der Waals surface area contributed by atoms with E-state index in [9.17, 15) is 9.59 Å². The third-order valence-corrected chi connectivity index (χ3v) is 2.75. The summed E-state index contributed by atoms with van der Waals surface area (Å²) in [6.45, 7) is 4.19. The number of imide groups is 1. The number of hydrogen-bond donors (Lipinski definition) is 2. The number of ether oxygens (including phenoxy) is 1. The Labute approximate surface area is 94.6 Å². The van der Waals surface area contributed by atoms with E-state index in [1.807, 2.05) is 6.92 Å². The van der Waals surface area contributed by atoms with Gasteiger partial charge in [-0.2, -0.15) is 0 Å². The van der Waals surface area contributed by atoms with E-state index >= 15 is 0 Å². The summed E-state index contributed by atoms with van der Waals surface area (Å²) in [5, 5.41) is 11.2. The summed E-state index contributed by atoms with van der Waals surface area (Å²) in [7, 11) is 0. The molecule has 0 radical (unpaired) electrons. The number of hydrogen-bond acceptors (Lipinski definition) is 4. The summed E-state index contributed by atoms with van der Waals surface area (Å²) in [5.74, 6) is -0.215. The first-order valence-electron chi connectivity index (χ1n) is 5.38. The van der Waals surface area contributed by atoms with Crippen LogP contribution < -0.4 is 5.32 Å². The van der Waals surface area contributed by atoms with Gasteiger partial charge in [0.2, 0.25) is 0 Å². The summed E-state index contributed by atoms with van der Waals surface area (Å²) in [5.41, 5.74) is -0.784. The van der Waals surface area contributed by atoms with Crippen LogP contribution in [0.2, 0.25) is 0 Å². The Bertz CT molecular complexity index is 282. The van der Waals surface area contributed by atoms with E-state index in [0.29, 0.717) is 6.42 Å². The van der Waals surface area contributed by atoms with Crippen LogP contribution in [0.4, 0.5) is 4.79 Å². The van der Waals surface area contributed by atoms with Gasteiger partial charge in [-0.15, -0.1) is 0 Å². The summed E-state index contributed by atoms with van der Waals surface area (Å²) in [6, 6.07) is -0.373. The molecule has 1 aliphatic heterocycles. The van der Waals surface area contributed by atoms with E-state index in [1.54, 1.807) is 6.92 Å². The predicted molar refractivity (Wildman–Crippen MR) is 56.8 cm³/mol. The number of nitrogens with zero attached hydrogens (tertiary/aromatic N) is 1. The van der Waals surface area contributed by atoms with Gasteiger partial charge in [-0.3, -0.25) is 9.69 Å². The number of aliphatic hydroxyl groups is 1. The van der Waals surface area contributed by atoms with Gasteiger partial charge in [-0.05, 0) is 13.3 Å². The molecule has 1 rings (SSSR count). The van der Waals surface area contributed by atoms with Crippen LogP contribution in [0.25, 0.3) is 0 Å². The number of rotatable bonds is 6. The van der Waals surface area contributed by atoms with E-state index < -0.39 is 5.54 Å². The molecular formula is C10H18N2O4. The van der Waals surface area contributed by atoms with Gasteiger partial charge in [0.15, 0.2) is 0 Å². The number of aliphatic hydroxyl groups excluding tert-OH is 1. The SMILES string of the molecule is CCC1(C)NC(=O)N(CCOCCO)C1=O. The van der Waals surface area contributed by atoms with E-state index in [2.05, 4.69) is 5.32 Å². The number of carbonyl (C=O) groups excluding carboxylic acids is 2. The highest BCUT2D eigenvalue weighted by Gasteiger charge is 2.45. The maximum absolute atomic E-state index is 11.9. The summed E-state index contributed by atoms with van der Waals surface area (Å²) in [4.78, 5) is 24.5. The minimum Gasteiger partial charge on any atom is -0.394 e. The molecule has 0 aromatic carbocycles. The second-order valence-corrected chi connectivity index (χ2v) is 3.91. The fraction of sp³-hybridized carbons (Fsp3) is 0.800. The third kappa shape index (κ3) is 2.51. The smallest absolute Gasteiger partial charge is 0.325 e. The molecule has 3 amide bonds. The molecule has 1 saturated heterocycles. The lowest BCUT2D eigenvalue weighted by atomic mass is 9.99. The minimum atomic E-state index is -0.784. The van der Waals surface area contributed by atoms with E-state index in [-0.39, 0.29) is 38.3 Å². The number of nitrogens with one attached hydrogen (secondary N) is 1. The second-order valence-electron chi connectivity index (χ2n) is 3.91. The van der Waals surface area contributed by atoms with Crippen molar-refractivity contribution in [2.45, 2.75) is 25.8 Å². The molecule has 6 nitrogen and oxygen atoms in total. The van der Waals surface area contributed by atoms with Crippen molar-refractivity contribution in [3.63, 3.8) is 0 Å². The first-order valence-corrected chi connectivity index (χ1v) is 5.38. The van der Waals surface area contributed by atoms with Gasteiger partial charge in [0.25, 0.3) is 5.91 Å². The molecule has 92 valence electrons. The van der Waals surface area contributed by atoms with Crippen molar-refractivity contribution in [1.82, 2.24) is 10.2 Å². The first-order chi connectivity index (χ1) is 7.55. The Morgan fingerprint density at radius 1 is 1.44 bits per heavy atom. The van der Waals surface area contributed by atoms with Crippen LogP contribution in [0.5, 0.6) is 0 Å². The van der Waals surface area contributed by atoms with Gasteiger partial charge in [0.05, 0.1) is 26.4 Å². The largest absolute Gasteiger partial charge is 0.394 e. The van der Waals surface area contributed by atoms with Gasteiger partial charge >= 0.3 is 6.03 Å². The molecule has 16 heavy (non-hydrogen) atoms. The van der Waals surface area contributed by atoms with Crippen molar-refractivity contribution < 1.29 is 19.4 Å². The van der Waals surface area contributed by atoms with Crippen LogP contribution >= 0.6 is 0 Å². The second kappa shape index (κ2) is 5.27. The monoisotopic (exact) mass is 230 g/mol. The Kier molecular flexibility index (Phi) is 4.26. The van der Waals surface area contributed by atoms with Crippen LogP contribution in [0, 0.1) is 0 Å². The normalized spacial score (nSPS) is 25.1. The third-order valence-electron chi connectivity index (χ3n) is 2.75. The predicted octanol–water partition coefficient (Wildman–Crippen LogP) is -0.284. The van der Waals surface area contributed by atoms with Crippen molar-refractivity contribution in [3.05, 3.63) is 0 Å². The molecule has 0 aliphatic carbocycles. The topological polar surface area (TPSA) is 78.9 Å². The fourth-order valence-electron chi connectivity index (χ4n) is 1.51. The quantitative estimate of drug-likeness (QED) is 0.485. The molecule has 0 bridgehead atoms. The molecule has 0 aromatic rings. The number of carbonyl (C=O) groups is 2. The van der Waals surface area contributed by atoms with Crippen molar-refractivity contribution in [2.75, 3.05) is 26.4 Å². The van der Waals surface area contributed by atoms with Gasteiger partial charge in [-0.1, -0.05) is 6.92 Å². The molecule has 0 spiro atoms. The molecule has 0 saturated carbocycles. The zero-order valence-corrected chi connectivity index (χ0v) is 9.65. The molecule has 1 heterocycles. The maximum Gasteiger partial charge on any atom is 0.325 e. The lowest BCUT2D eigenvalue weighted by Crippen LogP contribution is -2.43. The fourth-order valence-corrected chi connectivity index (χ4v) is 1.51. The highest BCUT2D eigenvalue weighted by molar-refractivity contribution is 6.06. The van der Waals surface area contributed by atoms with Crippen LogP contribution in [0.15, 0.2) is 0 Å². The van der Waals surface area contributed by atoms with Gasteiger partial charge in [0.1, 0.15) is 5.54 Å². The molecule has 1 unspecified atom stereocenters. The minimum absolute atomic E-state index is 0.0627. The number of amides is 3. The number of urea groups is 1. The summed E-state index contributed by atoms with van der Waals surface area (Å²) in [6.07, 6.45) is 0.561. The highest BCUT2D eigenvalue weighted by atomic mass is 16.5. The van der Waals surface area contributed by atoms with Gasteiger partial charge in [0, 0.05) is 0 Å². The van der Waals surface area contributed by atoms with E-state index in [0.717, 1.165) is 4.90 Å². The Morgan fingerprint density at radius 2 is 2.12 bits per heavy atom. The molecular weight excluding hydrogens is 212 g/mol. The summed E-state index contributed by atoms with van der Waals surface area (Å²) >= 11 is 0. The zero-order valence-electron chi connectivity index (χ0n) is 9.65. The molecule has 1 fully saturated rings. The molecule has 1 aliphatic rings. The Hall–Kier alpha value is -1.14. The van der Waals surface area contributed by atoms with E-state index in [1.165, 1.54) is 0 Å². The van der Waals surface area contributed by atoms with Crippen molar-refractivity contribution in [2.24, 2.45) is 0 Å². The van der Waals surface area contributed by atoms with E-state index in [4.69, 9.17) is 9.84 Å². The first kappa shape index (κ1) is 12.9. The van der Waals surface area contributed by atoms with Crippen LogP contribution in [-0.2, 0) is 9.53 Å². The van der Waals surface area contributed by atoms with Crippen molar-refractivity contribution >= 4 is 11.9 Å². The molecule has 6 heteroatoms. The zero-order chi connectivity index (χ0) is 12.2. The maximum atomic E-state index is 11.9.